The number of unbranched alkanes of at least 4 members (excludes halogenated alkanes) is 30. The van der Waals surface area contributed by atoms with Crippen molar-refractivity contribution in [3.05, 3.63) is 0 Å². The average molecular weight is 651 g/mol. The van der Waals surface area contributed by atoms with Crippen molar-refractivity contribution in [1.29, 1.82) is 0 Å². The van der Waals surface area contributed by atoms with E-state index in [1.54, 1.807) is 0 Å². The number of carboxylic acids is 1. The Hall–Kier alpha value is -1.06. The van der Waals surface area contributed by atoms with E-state index in [-0.39, 0.29) is 12.1 Å². The molecule has 46 heavy (non-hydrogen) atoms. The smallest absolute Gasteiger partial charge is 0.306 e. The van der Waals surface area contributed by atoms with E-state index in [1.807, 2.05) is 0 Å². The number of hydrogen-bond donors (Lipinski definition) is 1. The Bertz CT molecular complexity index is 619. The van der Waals surface area contributed by atoms with Crippen molar-refractivity contribution in [1.82, 2.24) is 0 Å². The highest BCUT2D eigenvalue weighted by atomic mass is 16.5. The van der Waals surface area contributed by atoms with Crippen LogP contribution in [0.4, 0.5) is 0 Å². The third-order valence-corrected chi connectivity index (χ3v) is 9.83. The number of carboxylic acid groups (broad SMARTS) is 1. The molecular weight excluding hydrogens is 568 g/mol. The van der Waals surface area contributed by atoms with Crippen LogP contribution in [0, 0.1) is 0 Å². The highest BCUT2D eigenvalue weighted by Gasteiger charge is 2.14. The Morgan fingerprint density at radius 3 is 1.00 bits per heavy atom. The monoisotopic (exact) mass is 651 g/mol. The second kappa shape index (κ2) is 38.4. The number of aliphatic carboxylic acids is 1. The molecule has 0 saturated heterocycles. The summed E-state index contributed by atoms with van der Waals surface area (Å²) in [7, 11) is 0. The molecule has 0 amide bonds. The zero-order chi connectivity index (χ0) is 33.6. The van der Waals surface area contributed by atoms with Crippen molar-refractivity contribution < 1.29 is 19.4 Å². The molecule has 0 aliphatic heterocycles. The van der Waals surface area contributed by atoms with Gasteiger partial charge in [0.2, 0.25) is 0 Å². The van der Waals surface area contributed by atoms with Gasteiger partial charge >= 0.3 is 11.9 Å². The summed E-state index contributed by atoms with van der Waals surface area (Å²) in [6.07, 6.45) is 46.0. The van der Waals surface area contributed by atoms with Crippen molar-refractivity contribution in [3.63, 3.8) is 0 Å². The first-order valence-electron chi connectivity index (χ1n) is 21.0. The lowest BCUT2D eigenvalue weighted by Crippen LogP contribution is -2.18. The van der Waals surface area contributed by atoms with E-state index in [9.17, 15) is 9.59 Å². The first-order chi connectivity index (χ1) is 22.6. The minimum absolute atomic E-state index is 0.0442. The standard InChI is InChI=1S/C42H82O4/c1-3-5-7-8-9-10-11-12-13-14-15-19-22-25-28-31-35-39-42(45)46-40(36-32-6-4-2)37-33-29-26-23-20-17-16-18-21-24-27-30-34-38-41(43)44/h40H,3-39H2,1-2H3,(H,43,44). The maximum absolute atomic E-state index is 12.6. The second-order valence-corrected chi connectivity index (χ2v) is 14.5. The van der Waals surface area contributed by atoms with Crippen LogP contribution < -0.4 is 0 Å². The molecule has 0 spiro atoms. The molecule has 1 atom stereocenters. The fourth-order valence-electron chi connectivity index (χ4n) is 6.72. The van der Waals surface area contributed by atoms with Crippen LogP contribution >= 0.6 is 0 Å². The van der Waals surface area contributed by atoms with E-state index in [2.05, 4.69) is 13.8 Å². The van der Waals surface area contributed by atoms with Crippen LogP contribution in [0.3, 0.4) is 0 Å². The van der Waals surface area contributed by atoms with Crippen LogP contribution in [0.5, 0.6) is 0 Å². The quantitative estimate of drug-likeness (QED) is 0.0531. The lowest BCUT2D eigenvalue weighted by molar-refractivity contribution is -0.150. The molecule has 0 rings (SSSR count). The van der Waals surface area contributed by atoms with Gasteiger partial charge in [-0.3, -0.25) is 9.59 Å². The molecule has 0 aromatic rings. The average Bonchev–Trinajstić information content (AvgIpc) is 3.04. The van der Waals surface area contributed by atoms with Gasteiger partial charge in [0.15, 0.2) is 0 Å². The van der Waals surface area contributed by atoms with Crippen molar-refractivity contribution in [2.24, 2.45) is 0 Å². The maximum Gasteiger partial charge on any atom is 0.306 e. The highest BCUT2D eigenvalue weighted by molar-refractivity contribution is 5.69. The first-order valence-corrected chi connectivity index (χ1v) is 21.0. The van der Waals surface area contributed by atoms with Crippen molar-refractivity contribution >= 4 is 11.9 Å². The van der Waals surface area contributed by atoms with Gasteiger partial charge in [-0.25, -0.2) is 0 Å². The van der Waals surface area contributed by atoms with E-state index < -0.39 is 5.97 Å². The van der Waals surface area contributed by atoms with Crippen molar-refractivity contribution in [2.45, 2.75) is 258 Å². The van der Waals surface area contributed by atoms with Gasteiger partial charge in [-0.15, -0.1) is 0 Å². The Kier molecular flexibility index (Phi) is 37.5. The molecule has 4 heteroatoms. The summed E-state index contributed by atoms with van der Waals surface area (Å²) in [6, 6.07) is 0. The molecule has 4 nitrogen and oxygen atoms in total. The predicted molar refractivity (Wildman–Crippen MR) is 200 cm³/mol. The predicted octanol–water partition coefficient (Wildman–Crippen LogP) is 14.5. The third kappa shape index (κ3) is 37.4. The Morgan fingerprint density at radius 2 is 0.652 bits per heavy atom. The summed E-state index contributed by atoms with van der Waals surface area (Å²) in [5, 5.41) is 8.68. The summed E-state index contributed by atoms with van der Waals surface area (Å²) < 4.78 is 5.98. The van der Waals surface area contributed by atoms with E-state index >= 15 is 0 Å². The molecular formula is C42H82O4. The molecule has 0 heterocycles. The normalized spacial score (nSPS) is 12.0. The Labute approximate surface area is 288 Å². The Morgan fingerprint density at radius 1 is 0.391 bits per heavy atom. The molecule has 0 radical (unpaired) electrons. The van der Waals surface area contributed by atoms with E-state index in [1.165, 1.54) is 193 Å². The van der Waals surface area contributed by atoms with Crippen LogP contribution in [0.15, 0.2) is 0 Å². The van der Waals surface area contributed by atoms with Gasteiger partial charge in [0, 0.05) is 12.8 Å². The molecule has 0 saturated carbocycles. The Balaban J connectivity index is 3.65. The number of rotatable bonds is 39. The number of ether oxygens (including phenoxy) is 1. The van der Waals surface area contributed by atoms with Gasteiger partial charge in [-0.05, 0) is 38.5 Å². The molecule has 0 aliphatic rings. The van der Waals surface area contributed by atoms with Gasteiger partial charge < -0.3 is 9.84 Å². The SMILES string of the molecule is CCCCCCCCCCCCCCCCCCCC(=O)OC(CCCCC)CCCCCCCCCCCCCCCC(=O)O. The summed E-state index contributed by atoms with van der Waals surface area (Å²) in [5.74, 6) is -0.621. The molecule has 0 bridgehead atoms. The van der Waals surface area contributed by atoms with Crippen LogP contribution in [0.1, 0.15) is 251 Å². The van der Waals surface area contributed by atoms with Crippen LogP contribution in [-0.2, 0) is 14.3 Å². The van der Waals surface area contributed by atoms with Crippen molar-refractivity contribution in [2.75, 3.05) is 0 Å². The van der Waals surface area contributed by atoms with Crippen LogP contribution in [0.25, 0.3) is 0 Å². The molecule has 0 aliphatic carbocycles. The number of hydrogen-bond acceptors (Lipinski definition) is 3. The molecule has 0 fully saturated rings. The maximum atomic E-state index is 12.6. The van der Waals surface area contributed by atoms with Gasteiger partial charge in [-0.1, -0.05) is 200 Å². The third-order valence-electron chi connectivity index (χ3n) is 9.83. The highest BCUT2D eigenvalue weighted by Crippen LogP contribution is 2.19. The topological polar surface area (TPSA) is 63.6 Å². The van der Waals surface area contributed by atoms with E-state index in [0.717, 1.165) is 32.1 Å². The molecule has 1 N–H and O–H groups in total. The van der Waals surface area contributed by atoms with E-state index in [0.29, 0.717) is 12.8 Å². The van der Waals surface area contributed by atoms with Gasteiger partial charge in [0.25, 0.3) is 0 Å². The zero-order valence-electron chi connectivity index (χ0n) is 31.4. The number of esters is 1. The minimum atomic E-state index is -0.665. The summed E-state index contributed by atoms with van der Waals surface area (Å²) in [6.45, 7) is 4.53. The lowest BCUT2D eigenvalue weighted by atomic mass is 10.0. The van der Waals surface area contributed by atoms with E-state index in [4.69, 9.17) is 9.84 Å². The van der Waals surface area contributed by atoms with Crippen LogP contribution in [-0.4, -0.2) is 23.1 Å². The fourth-order valence-corrected chi connectivity index (χ4v) is 6.72. The number of carbonyl (C=O) groups excluding carboxylic acids is 1. The summed E-state index contributed by atoms with van der Waals surface area (Å²) in [4.78, 5) is 23.1. The minimum Gasteiger partial charge on any atom is -0.481 e. The summed E-state index contributed by atoms with van der Waals surface area (Å²) in [5.41, 5.74) is 0. The molecule has 0 aromatic heterocycles. The summed E-state index contributed by atoms with van der Waals surface area (Å²) >= 11 is 0. The lowest BCUT2D eigenvalue weighted by Gasteiger charge is -2.18. The largest absolute Gasteiger partial charge is 0.481 e. The van der Waals surface area contributed by atoms with Crippen molar-refractivity contribution in [3.8, 4) is 0 Å². The van der Waals surface area contributed by atoms with Gasteiger partial charge in [0.1, 0.15) is 6.10 Å². The molecule has 0 aromatic carbocycles. The molecule has 274 valence electrons. The van der Waals surface area contributed by atoms with Gasteiger partial charge in [0.05, 0.1) is 0 Å². The second-order valence-electron chi connectivity index (χ2n) is 14.5. The number of carbonyl (C=O) groups is 2. The zero-order valence-corrected chi connectivity index (χ0v) is 31.4. The fraction of sp³-hybridized carbons (Fsp3) is 0.952. The molecule has 1 unspecified atom stereocenters. The van der Waals surface area contributed by atoms with Gasteiger partial charge in [-0.2, -0.15) is 0 Å². The van der Waals surface area contributed by atoms with Crippen LogP contribution in [0.2, 0.25) is 0 Å². The first kappa shape index (κ1) is 44.9.